The SMILES string of the molecule is C=CC(=O)N1CC2C(=O)N(C)c3c(c4cc(Cl)c(-c5ccc(F)c6nc(N)sc56)nc4n(-c4c(C)ccnc4C(C)C)c3=O)N2CC1C. The molecule has 48 heavy (non-hydrogen) atoms. The molecule has 14 heteroatoms. The van der Waals surface area contributed by atoms with Gasteiger partial charge < -0.3 is 20.4 Å². The van der Waals surface area contributed by atoms with Crippen LogP contribution >= 0.6 is 22.9 Å². The molecular weight excluding hydrogens is 655 g/mol. The normalized spacial score (nSPS) is 17.8. The van der Waals surface area contributed by atoms with Crippen molar-refractivity contribution in [3.8, 4) is 16.9 Å². The van der Waals surface area contributed by atoms with Crippen molar-refractivity contribution >= 4 is 72.5 Å². The van der Waals surface area contributed by atoms with Crippen LogP contribution in [0.1, 0.15) is 37.9 Å². The van der Waals surface area contributed by atoms with Crippen LogP contribution in [0.5, 0.6) is 0 Å². The van der Waals surface area contributed by atoms with E-state index >= 15 is 0 Å². The minimum atomic E-state index is -0.761. The summed E-state index contributed by atoms with van der Waals surface area (Å²) in [4.78, 5) is 60.5. The molecule has 246 valence electrons. The summed E-state index contributed by atoms with van der Waals surface area (Å²) in [5.74, 6) is -1.19. The molecule has 5 aromatic rings. The van der Waals surface area contributed by atoms with Crippen molar-refractivity contribution in [2.24, 2.45) is 0 Å². The number of pyridine rings is 3. The van der Waals surface area contributed by atoms with Gasteiger partial charge in [0, 0.05) is 36.8 Å². The number of benzene rings is 1. The van der Waals surface area contributed by atoms with Crippen molar-refractivity contribution in [3.05, 3.63) is 75.6 Å². The monoisotopic (exact) mass is 686 g/mol. The van der Waals surface area contributed by atoms with Crippen LogP contribution < -0.4 is 21.1 Å². The van der Waals surface area contributed by atoms with Crippen molar-refractivity contribution in [1.29, 1.82) is 0 Å². The van der Waals surface area contributed by atoms with Gasteiger partial charge >= 0.3 is 0 Å². The molecule has 7 rings (SSSR count). The number of likely N-dealkylation sites (N-methyl/N-ethyl adjacent to an activating group) is 1. The number of anilines is 3. The summed E-state index contributed by atoms with van der Waals surface area (Å²) in [6, 6.07) is 5.36. The molecule has 2 unspecified atom stereocenters. The number of thiazole rings is 1. The Morgan fingerprint density at radius 1 is 1.17 bits per heavy atom. The van der Waals surface area contributed by atoms with E-state index < -0.39 is 17.4 Å². The molecule has 2 aliphatic rings. The third-order valence-electron chi connectivity index (χ3n) is 9.18. The number of carbonyl (C=O) groups excluding carboxylic acids is 2. The number of carbonyl (C=O) groups is 2. The highest BCUT2D eigenvalue weighted by Crippen LogP contribution is 2.45. The molecule has 0 saturated carbocycles. The van der Waals surface area contributed by atoms with Crippen molar-refractivity contribution in [2.45, 2.75) is 45.7 Å². The predicted octanol–water partition coefficient (Wildman–Crippen LogP) is 5.43. The van der Waals surface area contributed by atoms with Crippen LogP contribution in [-0.2, 0) is 9.59 Å². The van der Waals surface area contributed by atoms with Gasteiger partial charge in [0.2, 0.25) is 5.91 Å². The van der Waals surface area contributed by atoms with Gasteiger partial charge in [0.25, 0.3) is 11.5 Å². The topological polar surface area (TPSA) is 131 Å². The molecule has 11 nitrogen and oxygen atoms in total. The van der Waals surface area contributed by atoms with Crippen LogP contribution in [0.3, 0.4) is 0 Å². The quantitative estimate of drug-likeness (QED) is 0.248. The fourth-order valence-corrected chi connectivity index (χ4v) is 8.01. The number of rotatable bonds is 4. The number of aryl methyl sites for hydroxylation is 1. The molecule has 1 saturated heterocycles. The number of amides is 2. The summed E-state index contributed by atoms with van der Waals surface area (Å²) in [6.07, 6.45) is 2.94. The van der Waals surface area contributed by atoms with Gasteiger partial charge in [0.15, 0.2) is 5.13 Å². The van der Waals surface area contributed by atoms with Crippen LogP contribution in [0.2, 0.25) is 5.02 Å². The number of nitrogen functional groups attached to an aromatic ring is 1. The van der Waals surface area contributed by atoms with Crippen LogP contribution in [0.25, 0.3) is 38.2 Å². The smallest absolute Gasteiger partial charge is 0.283 e. The van der Waals surface area contributed by atoms with E-state index in [1.54, 1.807) is 30.3 Å². The molecule has 1 fully saturated rings. The van der Waals surface area contributed by atoms with Gasteiger partial charge in [0.05, 0.1) is 39.0 Å². The van der Waals surface area contributed by atoms with E-state index in [-0.39, 0.29) is 63.9 Å². The molecule has 0 spiro atoms. The van der Waals surface area contributed by atoms with Crippen molar-refractivity contribution in [2.75, 3.05) is 35.7 Å². The zero-order chi connectivity index (χ0) is 34.3. The standard InChI is InChI=1S/C34H32ClFN8O3S/c1-7-23(45)42-14-22-32(46)41(6)29-28(43(22)13-17(42)5)19-12-20(35)25(18-8-9-21(36)26-30(18)48-34(37)40-26)39-31(19)44(33(29)47)27-16(4)10-11-38-24(27)15(2)3/h7-12,15,17,22H,1,13-14H2,2-6H3,(H2,37,40). The Morgan fingerprint density at radius 3 is 2.62 bits per heavy atom. The second kappa shape index (κ2) is 11.4. The largest absolute Gasteiger partial charge is 0.375 e. The average Bonchev–Trinajstić information content (AvgIpc) is 3.45. The number of nitrogens with two attached hydrogens (primary N) is 1. The Balaban J connectivity index is 1.61. The Morgan fingerprint density at radius 2 is 1.92 bits per heavy atom. The highest BCUT2D eigenvalue weighted by molar-refractivity contribution is 7.22. The second-order valence-corrected chi connectivity index (χ2v) is 13.9. The van der Waals surface area contributed by atoms with Crippen molar-refractivity contribution in [1.82, 2.24) is 24.4 Å². The predicted molar refractivity (Wildman–Crippen MR) is 188 cm³/mol. The third kappa shape index (κ3) is 4.59. The van der Waals surface area contributed by atoms with Gasteiger partial charge in [-0.2, -0.15) is 0 Å². The van der Waals surface area contributed by atoms with Crippen LogP contribution in [0.4, 0.5) is 20.9 Å². The molecule has 0 bridgehead atoms. The summed E-state index contributed by atoms with van der Waals surface area (Å²) in [6.45, 7) is 11.8. The lowest BCUT2D eigenvalue weighted by molar-refractivity contribution is -0.130. The zero-order valence-corrected chi connectivity index (χ0v) is 28.5. The second-order valence-electron chi connectivity index (χ2n) is 12.5. The molecule has 2 aliphatic heterocycles. The first-order valence-electron chi connectivity index (χ1n) is 15.4. The maximum atomic E-state index is 15.0. The van der Waals surface area contributed by atoms with E-state index in [1.807, 2.05) is 38.7 Å². The van der Waals surface area contributed by atoms with Gasteiger partial charge in [-0.15, -0.1) is 0 Å². The lowest BCUT2D eigenvalue weighted by atomic mass is 9.98. The molecular formula is C34H32ClFN8O3S. The fraction of sp³-hybridized carbons (Fsp3) is 0.294. The average molecular weight is 687 g/mol. The number of aromatic nitrogens is 4. The Labute approximate surface area is 284 Å². The molecule has 0 aliphatic carbocycles. The molecule has 1 aromatic carbocycles. The van der Waals surface area contributed by atoms with Crippen molar-refractivity contribution < 1.29 is 14.0 Å². The molecule has 4 aromatic heterocycles. The number of nitrogens with zero attached hydrogens (tertiary/aromatic N) is 7. The lowest BCUT2D eigenvalue weighted by Gasteiger charge is -2.49. The third-order valence-corrected chi connectivity index (χ3v) is 10.4. The van der Waals surface area contributed by atoms with E-state index in [1.165, 1.54) is 21.6 Å². The molecule has 2 atom stereocenters. The summed E-state index contributed by atoms with van der Waals surface area (Å²) in [5.41, 5.74) is 9.40. The molecule has 2 N–H and O–H groups in total. The highest BCUT2D eigenvalue weighted by Gasteiger charge is 2.46. The zero-order valence-electron chi connectivity index (χ0n) is 26.9. The fourth-order valence-electron chi connectivity index (χ4n) is 6.90. The number of halogens is 2. The molecule has 6 heterocycles. The van der Waals surface area contributed by atoms with Gasteiger partial charge in [-0.1, -0.05) is 43.4 Å². The highest BCUT2D eigenvalue weighted by atomic mass is 35.5. The van der Waals surface area contributed by atoms with Crippen LogP contribution in [0.15, 0.2) is 47.9 Å². The Bertz CT molecular complexity index is 2290. The van der Waals surface area contributed by atoms with Crippen LogP contribution in [0, 0.1) is 12.7 Å². The number of hydrogen-bond acceptors (Lipinski definition) is 9. The summed E-state index contributed by atoms with van der Waals surface area (Å²) in [7, 11) is 1.57. The van der Waals surface area contributed by atoms with Gasteiger partial charge in [-0.25, -0.2) is 14.4 Å². The first-order chi connectivity index (χ1) is 22.8. The van der Waals surface area contributed by atoms with E-state index in [2.05, 4.69) is 16.5 Å². The van der Waals surface area contributed by atoms with Gasteiger partial charge in [-0.05, 0) is 55.7 Å². The Hall–Kier alpha value is -4.88. The first kappa shape index (κ1) is 31.7. The van der Waals surface area contributed by atoms with E-state index in [0.717, 1.165) is 16.9 Å². The molecule has 2 amide bonds. The maximum absolute atomic E-state index is 15.0. The van der Waals surface area contributed by atoms with E-state index in [0.29, 0.717) is 38.4 Å². The Kier molecular flexibility index (Phi) is 7.51. The van der Waals surface area contributed by atoms with E-state index in [4.69, 9.17) is 22.3 Å². The lowest BCUT2D eigenvalue weighted by Crippen LogP contribution is -2.66. The van der Waals surface area contributed by atoms with Gasteiger partial charge in [-0.3, -0.25) is 23.9 Å². The minimum Gasteiger partial charge on any atom is -0.375 e. The summed E-state index contributed by atoms with van der Waals surface area (Å²) in [5, 5.41) is 0.957. The maximum Gasteiger partial charge on any atom is 0.283 e. The van der Waals surface area contributed by atoms with Crippen molar-refractivity contribution in [3.63, 3.8) is 0 Å². The number of piperazine rings is 1. The van der Waals surface area contributed by atoms with Crippen LogP contribution in [-0.4, -0.2) is 68.5 Å². The summed E-state index contributed by atoms with van der Waals surface area (Å²) >= 11 is 8.18. The van der Waals surface area contributed by atoms with E-state index in [9.17, 15) is 18.8 Å². The number of hydrogen-bond donors (Lipinski definition) is 1. The first-order valence-corrected chi connectivity index (χ1v) is 16.6. The van der Waals surface area contributed by atoms with Gasteiger partial charge in [0.1, 0.15) is 28.7 Å². The minimum absolute atomic E-state index is 0.0680. The molecule has 0 radical (unpaired) electrons. The summed E-state index contributed by atoms with van der Waals surface area (Å²) < 4.78 is 16.8. The number of fused-ring (bicyclic) bond motifs is 6.